The van der Waals surface area contributed by atoms with Gasteiger partial charge in [0.2, 0.25) is 0 Å². The Morgan fingerprint density at radius 2 is 1.38 bits per heavy atom. The van der Waals surface area contributed by atoms with Crippen LogP contribution in [0.5, 0.6) is 0 Å². The molecule has 0 unspecified atom stereocenters. The number of benzene rings is 3. The number of nitrogens with zero attached hydrogens (tertiary/aromatic N) is 3. The highest BCUT2D eigenvalue weighted by molar-refractivity contribution is 6.44. The van der Waals surface area contributed by atoms with E-state index in [2.05, 4.69) is 38.1 Å². The molecular weight excluding hydrogens is 358 g/mol. The highest BCUT2D eigenvalue weighted by Gasteiger charge is 2.39. The van der Waals surface area contributed by atoms with Gasteiger partial charge in [-0.05, 0) is 41.3 Å². The Kier molecular flexibility index (Phi) is 5.17. The standard InChI is InChI=1S/C25H25N3O/c1-18(2)20-14-16-21(17-15-20)25-27(22-10-6-4-7-11-22)24(19(3)29)26-28(25)23-12-8-5-9-13-23/h4-18,25H,1-3H3/t25-/m1/s1. The van der Waals surface area contributed by atoms with Crippen molar-refractivity contribution in [1.82, 2.24) is 0 Å². The second kappa shape index (κ2) is 7.92. The average Bonchev–Trinajstić information content (AvgIpc) is 3.16. The zero-order chi connectivity index (χ0) is 20.4. The van der Waals surface area contributed by atoms with Gasteiger partial charge in [0.05, 0.1) is 5.69 Å². The molecule has 1 atom stereocenters. The summed E-state index contributed by atoms with van der Waals surface area (Å²) in [6, 6.07) is 28.6. The number of ketones is 1. The maximum atomic E-state index is 12.5. The Bertz CT molecular complexity index is 1010. The van der Waals surface area contributed by atoms with Crippen LogP contribution in [0.15, 0.2) is 90.0 Å². The minimum atomic E-state index is -0.236. The van der Waals surface area contributed by atoms with E-state index in [0.717, 1.165) is 16.9 Å². The molecule has 4 nitrogen and oxygen atoms in total. The van der Waals surface area contributed by atoms with Gasteiger partial charge in [0.1, 0.15) is 0 Å². The fraction of sp³-hybridized carbons (Fsp3) is 0.200. The molecule has 0 amide bonds. The molecule has 1 aliphatic rings. The van der Waals surface area contributed by atoms with E-state index in [0.29, 0.717) is 11.8 Å². The molecule has 4 rings (SSSR count). The van der Waals surface area contributed by atoms with Crippen molar-refractivity contribution in [1.29, 1.82) is 0 Å². The highest BCUT2D eigenvalue weighted by atomic mass is 16.1. The smallest absolute Gasteiger partial charge is 0.198 e. The topological polar surface area (TPSA) is 35.9 Å². The van der Waals surface area contributed by atoms with Crippen molar-refractivity contribution < 1.29 is 4.79 Å². The van der Waals surface area contributed by atoms with E-state index < -0.39 is 0 Å². The van der Waals surface area contributed by atoms with E-state index in [-0.39, 0.29) is 11.9 Å². The van der Waals surface area contributed by atoms with Crippen LogP contribution in [0.1, 0.15) is 44.0 Å². The largest absolute Gasteiger partial charge is 0.295 e. The summed E-state index contributed by atoms with van der Waals surface area (Å²) in [4.78, 5) is 14.6. The van der Waals surface area contributed by atoms with E-state index in [9.17, 15) is 4.79 Å². The number of hydrazone groups is 1. The van der Waals surface area contributed by atoms with E-state index in [1.165, 1.54) is 5.56 Å². The molecule has 0 saturated heterocycles. The first-order valence-corrected chi connectivity index (χ1v) is 9.94. The average molecular weight is 383 g/mol. The molecule has 29 heavy (non-hydrogen) atoms. The summed E-state index contributed by atoms with van der Waals surface area (Å²) in [5.74, 6) is 0.848. The number of amidine groups is 1. The van der Waals surface area contributed by atoms with Gasteiger partial charge in [0.15, 0.2) is 17.8 Å². The molecule has 0 spiro atoms. The quantitative estimate of drug-likeness (QED) is 0.564. The van der Waals surface area contributed by atoms with Crippen molar-refractivity contribution in [2.24, 2.45) is 5.10 Å². The second-order valence-electron chi connectivity index (χ2n) is 7.56. The molecule has 1 heterocycles. The maximum Gasteiger partial charge on any atom is 0.198 e. The molecule has 1 aliphatic heterocycles. The number of Topliss-reactive ketones (excluding diaryl/α,β-unsaturated/α-hetero) is 1. The lowest BCUT2D eigenvalue weighted by Crippen LogP contribution is -2.37. The number of anilines is 2. The monoisotopic (exact) mass is 383 g/mol. The van der Waals surface area contributed by atoms with Crippen LogP contribution in [-0.2, 0) is 4.79 Å². The first-order valence-electron chi connectivity index (χ1n) is 9.94. The Hall–Kier alpha value is -3.40. The van der Waals surface area contributed by atoms with E-state index >= 15 is 0 Å². The van der Waals surface area contributed by atoms with Gasteiger partial charge in [0.25, 0.3) is 0 Å². The number of rotatable bonds is 5. The molecule has 3 aromatic carbocycles. The van der Waals surface area contributed by atoms with Gasteiger partial charge in [-0.15, -0.1) is 5.10 Å². The lowest BCUT2D eigenvalue weighted by atomic mass is 10.00. The predicted octanol–water partition coefficient (Wildman–Crippen LogP) is 5.74. The van der Waals surface area contributed by atoms with Crippen LogP contribution in [0.25, 0.3) is 0 Å². The number of hydrogen-bond acceptors (Lipinski definition) is 4. The number of carbonyl (C=O) groups is 1. The Labute approximate surface area is 172 Å². The third-order valence-electron chi connectivity index (χ3n) is 5.18. The van der Waals surface area contributed by atoms with Gasteiger partial charge in [-0.1, -0.05) is 74.5 Å². The van der Waals surface area contributed by atoms with Gasteiger partial charge >= 0.3 is 0 Å². The Morgan fingerprint density at radius 3 is 1.90 bits per heavy atom. The Morgan fingerprint density at radius 1 is 0.828 bits per heavy atom. The summed E-state index contributed by atoms with van der Waals surface area (Å²) in [6.45, 7) is 5.95. The molecule has 0 N–H and O–H groups in total. The first kappa shape index (κ1) is 18.9. The van der Waals surface area contributed by atoms with Gasteiger partial charge < -0.3 is 0 Å². The van der Waals surface area contributed by atoms with Crippen LogP contribution >= 0.6 is 0 Å². The summed E-state index contributed by atoms with van der Waals surface area (Å²) in [6.07, 6.45) is -0.236. The first-order chi connectivity index (χ1) is 14.1. The SMILES string of the molecule is CC(=O)C1=NN(c2ccccc2)[C@H](c2ccc(C(C)C)cc2)N1c1ccccc1. The van der Waals surface area contributed by atoms with Crippen LogP contribution < -0.4 is 9.91 Å². The molecule has 146 valence electrons. The predicted molar refractivity (Wildman–Crippen MR) is 119 cm³/mol. The van der Waals surface area contributed by atoms with E-state index in [1.807, 2.05) is 70.6 Å². The van der Waals surface area contributed by atoms with Gasteiger partial charge in [-0.2, -0.15) is 0 Å². The van der Waals surface area contributed by atoms with Crippen LogP contribution in [0, 0.1) is 0 Å². The van der Waals surface area contributed by atoms with Crippen LogP contribution in [-0.4, -0.2) is 11.6 Å². The van der Waals surface area contributed by atoms with E-state index in [1.54, 1.807) is 6.92 Å². The number of hydrogen-bond donors (Lipinski definition) is 0. The molecule has 0 radical (unpaired) electrons. The summed E-state index contributed by atoms with van der Waals surface area (Å²) in [5, 5.41) is 6.70. The molecule has 0 aliphatic carbocycles. The lowest BCUT2D eigenvalue weighted by Gasteiger charge is -2.32. The van der Waals surface area contributed by atoms with Crippen LogP contribution in [0.4, 0.5) is 11.4 Å². The fourth-order valence-corrected chi connectivity index (χ4v) is 3.65. The number of carbonyl (C=O) groups excluding carboxylic acids is 1. The van der Waals surface area contributed by atoms with Gasteiger partial charge in [-0.3, -0.25) is 9.69 Å². The van der Waals surface area contributed by atoms with Crippen LogP contribution in [0.2, 0.25) is 0 Å². The number of para-hydroxylation sites is 2. The van der Waals surface area contributed by atoms with Crippen molar-refractivity contribution in [2.75, 3.05) is 9.91 Å². The zero-order valence-electron chi connectivity index (χ0n) is 17.0. The molecular formula is C25H25N3O. The molecule has 3 aromatic rings. The third kappa shape index (κ3) is 3.66. The van der Waals surface area contributed by atoms with Crippen molar-refractivity contribution in [2.45, 2.75) is 32.9 Å². The van der Waals surface area contributed by atoms with Gasteiger partial charge in [0, 0.05) is 12.6 Å². The molecule has 0 saturated carbocycles. The highest BCUT2D eigenvalue weighted by Crippen LogP contribution is 2.39. The van der Waals surface area contributed by atoms with Crippen LogP contribution in [0.3, 0.4) is 0 Å². The lowest BCUT2D eigenvalue weighted by molar-refractivity contribution is -0.111. The van der Waals surface area contributed by atoms with Crippen molar-refractivity contribution in [3.8, 4) is 0 Å². The summed E-state index contributed by atoms with van der Waals surface area (Å²) in [5.41, 5.74) is 4.26. The van der Waals surface area contributed by atoms with Crippen molar-refractivity contribution in [3.63, 3.8) is 0 Å². The molecule has 0 bridgehead atoms. The summed E-state index contributed by atoms with van der Waals surface area (Å²) in [7, 11) is 0. The fourth-order valence-electron chi connectivity index (χ4n) is 3.65. The molecule has 0 fully saturated rings. The summed E-state index contributed by atoms with van der Waals surface area (Å²) < 4.78 is 0. The maximum absolute atomic E-state index is 12.5. The van der Waals surface area contributed by atoms with E-state index in [4.69, 9.17) is 5.10 Å². The summed E-state index contributed by atoms with van der Waals surface area (Å²) >= 11 is 0. The zero-order valence-corrected chi connectivity index (χ0v) is 17.0. The van der Waals surface area contributed by atoms with Gasteiger partial charge in [-0.25, -0.2) is 5.01 Å². The third-order valence-corrected chi connectivity index (χ3v) is 5.18. The minimum Gasteiger partial charge on any atom is -0.295 e. The molecule has 4 heteroatoms. The Balaban J connectivity index is 1.86. The van der Waals surface area contributed by atoms with Crippen molar-refractivity contribution >= 4 is 23.0 Å². The second-order valence-corrected chi connectivity index (χ2v) is 7.56. The molecule has 0 aromatic heterocycles. The van der Waals surface area contributed by atoms with Crippen molar-refractivity contribution in [3.05, 3.63) is 96.1 Å². The normalized spacial score (nSPS) is 16.3. The minimum absolute atomic E-state index is 0.0592.